The Labute approximate surface area is 231 Å². The maximum atomic E-state index is 14.3. The molecule has 4 aromatic rings. The molecule has 1 atom stereocenters. The van der Waals surface area contributed by atoms with Gasteiger partial charge >= 0.3 is 7.12 Å². The Hall–Kier alpha value is -3.13. The Morgan fingerprint density at radius 1 is 1.23 bits per heavy atom. The summed E-state index contributed by atoms with van der Waals surface area (Å²) in [4.78, 5) is 13.0. The summed E-state index contributed by atoms with van der Waals surface area (Å²) in [7, 11) is -0.422. The molecule has 1 aliphatic carbocycles. The van der Waals surface area contributed by atoms with Crippen molar-refractivity contribution in [2.45, 2.75) is 31.8 Å². The predicted molar refractivity (Wildman–Crippen MR) is 145 cm³/mol. The number of rotatable bonds is 9. The van der Waals surface area contributed by atoms with Crippen LogP contribution in [0.3, 0.4) is 0 Å². The first-order valence-corrected chi connectivity index (χ1v) is 13.6. The van der Waals surface area contributed by atoms with E-state index in [1.165, 1.54) is 12.1 Å². The molecule has 1 unspecified atom stereocenters. The standard InChI is InChI=1S/C26H25BClFN4O5S/c1-30-26(34)24-23-11-20(16-3-4-16)18(14-33(23)31-25(24)17-5-7-19(28)8-6-17)13-32(39(37)38)12-15-2-9-21(27(35)36)22(29)10-15/h2,5-11,14,16,35-36H,3-4,12-13H2,1H3,(H,30,34)(H,37,38)/p-1. The number of hydrogen-bond acceptors (Lipinski definition) is 6. The molecular weight excluding hydrogens is 546 g/mol. The first-order chi connectivity index (χ1) is 18.7. The van der Waals surface area contributed by atoms with Gasteiger partial charge in [0.2, 0.25) is 0 Å². The van der Waals surface area contributed by atoms with Crippen molar-refractivity contribution >= 4 is 46.9 Å². The predicted octanol–water partition coefficient (Wildman–Crippen LogP) is 2.51. The minimum Gasteiger partial charge on any atom is -0.760 e. The number of fused-ring (bicyclic) bond motifs is 1. The van der Waals surface area contributed by atoms with Crippen LogP contribution in [0.5, 0.6) is 0 Å². The highest BCUT2D eigenvalue weighted by Crippen LogP contribution is 2.43. The van der Waals surface area contributed by atoms with Crippen LogP contribution in [0.15, 0.2) is 54.7 Å². The summed E-state index contributed by atoms with van der Waals surface area (Å²) >= 11 is 3.41. The minimum absolute atomic E-state index is 0.00464. The molecule has 9 nitrogen and oxygen atoms in total. The van der Waals surface area contributed by atoms with Crippen molar-refractivity contribution < 1.29 is 28.0 Å². The number of nitrogens with one attached hydrogen (secondary N) is 1. The summed E-state index contributed by atoms with van der Waals surface area (Å²) in [6.45, 7) is -0.134. The molecule has 1 saturated carbocycles. The molecule has 1 aliphatic rings. The first-order valence-electron chi connectivity index (χ1n) is 12.2. The lowest BCUT2D eigenvalue weighted by Crippen LogP contribution is -2.33. The quantitative estimate of drug-likeness (QED) is 0.210. The van der Waals surface area contributed by atoms with E-state index < -0.39 is 24.2 Å². The average Bonchev–Trinajstić information content (AvgIpc) is 3.68. The van der Waals surface area contributed by atoms with E-state index in [0.29, 0.717) is 38.5 Å². The number of pyridine rings is 1. The number of carbonyl (C=O) groups excluding carboxylic acids is 1. The summed E-state index contributed by atoms with van der Waals surface area (Å²) in [5, 5.41) is 26.4. The normalized spacial score (nSPS) is 14.1. The molecule has 0 radical (unpaired) electrons. The van der Waals surface area contributed by atoms with Crippen molar-refractivity contribution in [1.82, 2.24) is 19.2 Å². The molecule has 202 valence electrons. The monoisotopic (exact) mass is 569 g/mol. The molecule has 39 heavy (non-hydrogen) atoms. The van der Waals surface area contributed by atoms with E-state index in [2.05, 4.69) is 10.4 Å². The maximum absolute atomic E-state index is 14.3. The van der Waals surface area contributed by atoms with Gasteiger partial charge in [0.25, 0.3) is 5.91 Å². The lowest BCUT2D eigenvalue weighted by molar-refractivity contribution is 0.0965. The Balaban J connectivity index is 1.55. The van der Waals surface area contributed by atoms with Gasteiger partial charge in [-0.1, -0.05) is 35.9 Å². The van der Waals surface area contributed by atoms with Gasteiger partial charge < -0.3 is 19.9 Å². The number of aromatic nitrogens is 2. The van der Waals surface area contributed by atoms with Crippen molar-refractivity contribution in [3.8, 4) is 11.3 Å². The summed E-state index contributed by atoms with van der Waals surface area (Å²) in [6, 6.07) is 12.6. The summed E-state index contributed by atoms with van der Waals surface area (Å²) in [6.07, 6.45) is 3.61. The van der Waals surface area contributed by atoms with Gasteiger partial charge in [0.05, 0.1) is 11.1 Å². The fourth-order valence-corrected chi connectivity index (χ4v) is 5.27. The van der Waals surface area contributed by atoms with Crippen molar-refractivity contribution in [2.24, 2.45) is 0 Å². The van der Waals surface area contributed by atoms with Crippen LogP contribution in [0.1, 0.15) is 45.8 Å². The van der Waals surface area contributed by atoms with Gasteiger partial charge in [0.1, 0.15) is 11.5 Å². The summed E-state index contributed by atoms with van der Waals surface area (Å²) in [5.74, 6) is -0.918. The zero-order valence-electron chi connectivity index (χ0n) is 20.8. The number of amides is 1. The Kier molecular flexibility index (Phi) is 7.85. The molecule has 2 aromatic heterocycles. The Morgan fingerprint density at radius 2 is 1.95 bits per heavy atom. The summed E-state index contributed by atoms with van der Waals surface area (Å²) < 4.78 is 41.4. The van der Waals surface area contributed by atoms with Crippen molar-refractivity contribution in [3.63, 3.8) is 0 Å². The second-order valence-corrected chi connectivity index (χ2v) is 10.8. The fourth-order valence-electron chi connectivity index (χ4n) is 4.64. The van der Waals surface area contributed by atoms with Gasteiger partial charge in [-0.25, -0.2) is 13.2 Å². The zero-order valence-corrected chi connectivity index (χ0v) is 22.4. The highest BCUT2D eigenvalue weighted by molar-refractivity contribution is 7.76. The van der Waals surface area contributed by atoms with E-state index in [9.17, 15) is 28.0 Å². The van der Waals surface area contributed by atoms with Gasteiger partial charge in [-0.2, -0.15) is 5.10 Å². The molecule has 0 spiro atoms. The van der Waals surface area contributed by atoms with E-state index in [1.807, 2.05) is 6.07 Å². The number of hydrogen-bond donors (Lipinski definition) is 3. The maximum Gasteiger partial charge on any atom is 0.491 e. The third-order valence-corrected chi connectivity index (χ3v) is 7.67. The molecule has 13 heteroatoms. The molecule has 0 aliphatic heterocycles. The van der Waals surface area contributed by atoms with Gasteiger partial charge in [-0.05, 0) is 59.7 Å². The third-order valence-electron chi connectivity index (χ3n) is 6.74. The molecule has 1 amide bonds. The number of carbonyl (C=O) groups is 1. The van der Waals surface area contributed by atoms with Crippen LogP contribution < -0.4 is 10.8 Å². The molecule has 2 aromatic carbocycles. The van der Waals surface area contributed by atoms with E-state index in [1.54, 1.807) is 42.0 Å². The van der Waals surface area contributed by atoms with E-state index in [0.717, 1.165) is 28.8 Å². The first kappa shape index (κ1) is 27.4. The van der Waals surface area contributed by atoms with Crippen LogP contribution in [0.4, 0.5) is 4.39 Å². The molecule has 0 bridgehead atoms. The van der Waals surface area contributed by atoms with Crippen LogP contribution in [0.25, 0.3) is 16.8 Å². The third kappa shape index (κ3) is 5.76. The van der Waals surface area contributed by atoms with E-state index in [4.69, 9.17) is 11.6 Å². The molecule has 1 fully saturated rings. The van der Waals surface area contributed by atoms with Crippen molar-refractivity contribution in [3.05, 3.63) is 87.8 Å². The summed E-state index contributed by atoms with van der Waals surface area (Å²) in [5.41, 5.74) is 3.87. The average molecular weight is 570 g/mol. The SMILES string of the molecule is CNC(=O)c1c(-c2ccc(Cl)cc2)nn2cc(CN(Cc3ccc(B(O)O)c(F)c3)S(=O)[O-])c(C3CC3)cc12. The highest BCUT2D eigenvalue weighted by atomic mass is 35.5. The molecular formula is C26H24BClFN4O5S-. The van der Waals surface area contributed by atoms with Gasteiger partial charge in [0.15, 0.2) is 0 Å². The lowest BCUT2D eigenvalue weighted by Gasteiger charge is -2.25. The Morgan fingerprint density at radius 3 is 2.54 bits per heavy atom. The topological polar surface area (TPSA) is 130 Å². The van der Waals surface area contributed by atoms with Crippen LogP contribution >= 0.6 is 11.6 Å². The zero-order chi connectivity index (χ0) is 27.8. The fraction of sp³-hybridized carbons (Fsp3) is 0.231. The van der Waals surface area contributed by atoms with E-state index in [-0.39, 0.29) is 30.4 Å². The highest BCUT2D eigenvalue weighted by Gasteiger charge is 2.30. The molecule has 2 heterocycles. The van der Waals surface area contributed by atoms with E-state index >= 15 is 0 Å². The number of nitrogens with zero attached hydrogens (tertiary/aromatic N) is 3. The second-order valence-electron chi connectivity index (χ2n) is 9.41. The van der Waals surface area contributed by atoms with Crippen LogP contribution in [0.2, 0.25) is 5.02 Å². The van der Waals surface area contributed by atoms with Crippen molar-refractivity contribution in [2.75, 3.05) is 7.05 Å². The van der Waals surface area contributed by atoms with Crippen LogP contribution in [-0.2, 0) is 24.4 Å². The molecule has 5 rings (SSSR count). The van der Waals surface area contributed by atoms with Gasteiger partial charge in [-0.3, -0.25) is 9.00 Å². The van der Waals surface area contributed by atoms with Crippen LogP contribution in [-0.4, -0.2) is 52.8 Å². The minimum atomic E-state index is -2.64. The number of halogens is 2. The van der Waals surface area contributed by atoms with Crippen molar-refractivity contribution in [1.29, 1.82) is 0 Å². The van der Waals surface area contributed by atoms with Gasteiger partial charge in [-0.15, -0.1) is 0 Å². The van der Waals surface area contributed by atoms with Gasteiger partial charge in [0, 0.05) is 53.6 Å². The lowest BCUT2D eigenvalue weighted by atomic mass is 9.79. The largest absolute Gasteiger partial charge is 0.760 e. The smallest absolute Gasteiger partial charge is 0.491 e. The molecule has 0 saturated heterocycles. The molecule has 3 N–H and O–H groups in total. The Bertz CT molecular complexity index is 1580. The van der Waals surface area contributed by atoms with Crippen LogP contribution in [0, 0.1) is 5.82 Å². The number of benzene rings is 2. The second kappa shape index (κ2) is 11.2.